The molecule has 2 heterocycles. The van der Waals surface area contributed by atoms with Crippen LogP contribution in [0.15, 0.2) is 18.3 Å². The summed E-state index contributed by atoms with van der Waals surface area (Å²) in [5.74, 6) is 0.634. The first-order valence-corrected chi connectivity index (χ1v) is 11.1. The van der Waals surface area contributed by atoms with Crippen LogP contribution in [0, 0.1) is 6.92 Å². The number of nitrogens with one attached hydrogen (secondary N) is 1. The van der Waals surface area contributed by atoms with Crippen LogP contribution in [0.3, 0.4) is 0 Å². The second kappa shape index (κ2) is 8.64. The van der Waals surface area contributed by atoms with Crippen molar-refractivity contribution in [2.75, 3.05) is 6.61 Å². The number of hydrogen-bond donors (Lipinski definition) is 1. The fraction of sp³-hybridized carbons (Fsp3) is 0.652. The zero-order valence-corrected chi connectivity index (χ0v) is 17.2. The van der Waals surface area contributed by atoms with Gasteiger partial charge in [-0.25, -0.2) is 4.98 Å². The Labute approximate surface area is 167 Å². The number of unbranched alkanes of at least 4 members (excludes halogenated alkanes) is 2. The predicted molar refractivity (Wildman–Crippen MR) is 111 cm³/mol. The second-order valence-electron chi connectivity index (χ2n) is 8.54. The molecule has 0 aromatic carbocycles. The number of fused-ring (bicyclic) bond motifs is 1. The number of carbonyl (C=O) groups is 1. The van der Waals surface area contributed by atoms with Gasteiger partial charge in [-0.3, -0.25) is 4.79 Å². The van der Waals surface area contributed by atoms with Gasteiger partial charge >= 0.3 is 0 Å². The van der Waals surface area contributed by atoms with Gasteiger partial charge in [0, 0.05) is 30.2 Å². The summed E-state index contributed by atoms with van der Waals surface area (Å²) in [5.41, 5.74) is 3.78. The fourth-order valence-corrected chi connectivity index (χ4v) is 4.34. The highest BCUT2D eigenvalue weighted by Gasteiger charge is 2.28. The van der Waals surface area contributed by atoms with Gasteiger partial charge < -0.3 is 14.5 Å². The Morgan fingerprint density at radius 3 is 2.71 bits per heavy atom. The molecular formula is C23H33N3O2. The third-order valence-corrected chi connectivity index (χ3v) is 6.13. The van der Waals surface area contributed by atoms with Gasteiger partial charge in [-0.2, -0.15) is 0 Å². The summed E-state index contributed by atoms with van der Waals surface area (Å²) in [6.45, 7) is 5.11. The van der Waals surface area contributed by atoms with Gasteiger partial charge in [-0.05, 0) is 69.9 Å². The molecule has 0 atom stereocenters. The summed E-state index contributed by atoms with van der Waals surface area (Å²) < 4.78 is 8.11. The molecule has 5 nitrogen and oxygen atoms in total. The van der Waals surface area contributed by atoms with Crippen molar-refractivity contribution in [2.24, 2.45) is 0 Å². The molecule has 4 rings (SSSR count). The Balaban J connectivity index is 1.35. The molecule has 0 spiro atoms. The first kappa shape index (κ1) is 19.4. The Bertz CT molecular complexity index is 817. The van der Waals surface area contributed by atoms with Gasteiger partial charge in [0.2, 0.25) is 0 Å². The molecule has 0 bridgehead atoms. The molecule has 0 aliphatic heterocycles. The van der Waals surface area contributed by atoms with Crippen molar-refractivity contribution in [3.05, 3.63) is 35.3 Å². The van der Waals surface area contributed by atoms with Crippen LogP contribution in [-0.4, -0.2) is 34.0 Å². The maximum atomic E-state index is 12.9. The topological polar surface area (TPSA) is 55.6 Å². The average molecular weight is 384 g/mol. The molecule has 2 aliphatic rings. The molecule has 2 aromatic heterocycles. The molecule has 2 aromatic rings. The lowest BCUT2D eigenvalue weighted by Crippen LogP contribution is -2.39. The van der Waals surface area contributed by atoms with E-state index in [-0.39, 0.29) is 11.9 Å². The lowest BCUT2D eigenvalue weighted by molar-refractivity contribution is 0.0205. The molecule has 28 heavy (non-hydrogen) atoms. The van der Waals surface area contributed by atoms with Crippen LogP contribution < -0.4 is 5.32 Å². The Kier molecular flexibility index (Phi) is 6.00. The van der Waals surface area contributed by atoms with Gasteiger partial charge in [-0.15, -0.1) is 0 Å². The molecule has 1 N–H and O–H groups in total. The SMILES string of the molecule is CCCCCO[C@H]1CC[C@H](NC(=O)c2ccn3c(C4CC4)cc(C)nc23)CC1. The van der Waals surface area contributed by atoms with E-state index in [0.717, 1.165) is 50.1 Å². The molecule has 2 saturated carbocycles. The molecule has 0 unspecified atom stereocenters. The summed E-state index contributed by atoms with van der Waals surface area (Å²) in [6, 6.07) is 4.32. The van der Waals surface area contributed by atoms with Gasteiger partial charge in [0.25, 0.3) is 5.91 Å². The number of hydrogen-bond acceptors (Lipinski definition) is 3. The van der Waals surface area contributed by atoms with E-state index in [4.69, 9.17) is 4.74 Å². The van der Waals surface area contributed by atoms with Crippen molar-refractivity contribution in [1.29, 1.82) is 0 Å². The molecule has 2 aliphatic carbocycles. The molecule has 5 heteroatoms. The minimum Gasteiger partial charge on any atom is -0.378 e. The first-order chi connectivity index (χ1) is 13.7. The largest absolute Gasteiger partial charge is 0.378 e. The fourth-order valence-electron chi connectivity index (χ4n) is 4.34. The van der Waals surface area contributed by atoms with Crippen LogP contribution in [-0.2, 0) is 4.74 Å². The molecule has 2 fully saturated rings. The smallest absolute Gasteiger partial charge is 0.255 e. The Hall–Kier alpha value is -1.88. The van der Waals surface area contributed by atoms with Crippen molar-refractivity contribution in [1.82, 2.24) is 14.7 Å². The van der Waals surface area contributed by atoms with E-state index < -0.39 is 0 Å². The zero-order valence-electron chi connectivity index (χ0n) is 17.2. The number of carbonyl (C=O) groups excluding carboxylic acids is 1. The first-order valence-electron chi connectivity index (χ1n) is 11.1. The van der Waals surface area contributed by atoms with Crippen LogP contribution in [0.5, 0.6) is 0 Å². The number of amides is 1. The van der Waals surface area contributed by atoms with Crippen molar-refractivity contribution in [3.8, 4) is 0 Å². The zero-order chi connectivity index (χ0) is 19.5. The number of rotatable bonds is 8. The van der Waals surface area contributed by atoms with E-state index in [1.807, 2.05) is 19.2 Å². The number of aryl methyl sites for hydroxylation is 1. The standard InChI is InChI=1S/C23H33N3O2/c1-3-4-5-14-28-19-10-8-18(9-11-19)25-23(27)20-12-13-26-21(17-6-7-17)15-16(2)24-22(20)26/h12-13,15,17-19H,3-11,14H2,1-2H3,(H,25,27)/t18-,19-. The van der Waals surface area contributed by atoms with Crippen LogP contribution in [0.25, 0.3) is 5.65 Å². The highest BCUT2D eigenvalue weighted by atomic mass is 16.5. The van der Waals surface area contributed by atoms with E-state index in [1.54, 1.807) is 0 Å². The summed E-state index contributed by atoms with van der Waals surface area (Å²) in [5, 5.41) is 3.25. The highest BCUT2D eigenvalue weighted by Crippen LogP contribution is 2.40. The molecule has 0 saturated heterocycles. The average Bonchev–Trinajstić information content (AvgIpc) is 3.45. The normalized spacial score (nSPS) is 22.5. The van der Waals surface area contributed by atoms with Gasteiger partial charge in [0.1, 0.15) is 5.65 Å². The lowest BCUT2D eigenvalue weighted by Gasteiger charge is -2.29. The third-order valence-electron chi connectivity index (χ3n) is 6.13. The summed E-state index contributed by atoms with van der Waals surface area (Å²) in [7, 11) is 0. The maximum Gasteiger partial charge on any atom is 0.255 e. The van der Waals surface area contributed by atoms with Gasteiger partial charge in [0.05, 0.1) is 11.7 Å². The third kappa shape index (κ3) is 4.40. The summed E-state index contributed by atoms with van der Waals surface area (Å²) in [4.78, 5) is 17.6. The number of ether oxygens (including phenoxy) is 1. The van der Waals surface area contributed by atoms with Crippen molar-refractivity contribution < 1.29 is 9.53 Å². The minimum atomic E-state index is 0.00895. The predicted octanol–water partition coefficient (Wildman–Crippen LogP) is 4.77. The van der Waals surface area contributed by atoms with Crippen molar-refractivity contribution in [2.45, 2.75) is 89.7 Å². The minimum absolute atomic E-state index is 0.00895. The van der Waals surface area contributed by atoms with Crippen LogP contribution in [0.4, 0.5) is 0 Å². The molecule has 1 amide bonds. The Morgan fingerprint density at radius 1 is 1.21 bits per heavy atom. The molecular weight excluding hydrogens is 350 g/mol. The van der Waals surface area contributed by atoms with Crippen LogP contribution in [0.1, 0.15) is 92.4 Å². The summed E-state index contributed by atoms with van der Waals surface area (Å²) >= 11 is 0. The van der Waals surface area contributed by atoms with Crippen molar-refractivity contribution >= 4 is 11.6 Å². The van der Waals surface area contributed by atoms with Gasteiger partial charge in [-0.1, -0.05) is 19.8 Å². The van der Waals surface area contributed by atoms with Crippen molar-refractivity contribution in [3.63, 3.8) is 0 Å². The number of aromatic nitrogens is 2. The quantitative estimate of drug-likeness (QED) is 0.668. The number of nitrogens with zero attached hydrogens (tertiary/aromatic N) is 2. The van der Waals surface area contributed by atoms with E-state index in [1.165, 1.54) is 31.4 Å². The highest BCUT2D eigenvalue weighted by molar-refractivity contribution is 6.00. The van der Waals surface area contributed by atoms with Crippen LogP contribution >= 0.6 is 0 Å². The lowest BCUT2D eigenvalue weighted by atomic mass is 9.92. The van der Waals surface area contributed by atoms with E-state index in [9.17, 15) is 4.79 Å². The van der Waals surface area contributed by atoms with Gasteiger partial charge in [0.15, 0.2) is 0 Å². The summed E-state index contributed by atoms with van der Waals surface area (Å²) in [6.07, 6.45) is 12.5. The molecule has 0 radical (unpaired) electrons. The Morgan fingerprint density at radius 2 is 2.00 bits per heavy atom. The van der Waals surface area contributed by atoms with E-state index in [0.29, 0.717) is 17.6 Å². The van der Waals surface area contributed by atoms with E-state index in [2.05, 4.69) is 27.7 Å². The van der Waals surface area contributed by atoms with E-state index >= 15 is 0 Å². The second-order valence-corrected chi connectivity index (χ2v) is 8.54. The van der Waals surface area contributed by atoms with Crippen LogP contribution in [0.2, 0.25) is 0 Å². The monoisotopic (exact) mass is 383 g/mol. The molecule has 152 valence electrons. The maximum absolute atomic E-state index is 12.9.